The minimum Gasteiger partial charge on any atom is -0.193 e. The summed E-state index contributed by atoms with van der Waals surface area (Å²) >= 11 is 3.60. The van der Waals surface area contributed by atoms with Crippen molar-refractivity contribution in [3.8, 4) is 0 Å². The number of halogens is 3. The van der Waals surface area contributed by atoms with E-state index in [-0.39, 0.29) is 0 Å². The molecule has 1 unspecified atom stereocenters. The van der Waals surface area contributed by atoms with Crippen LogP contribution >= 0.6 is 27.7 Å². The lowest BCUT2D eigenvalue weighted by atomic mass is 10.1. The minimum absolute atomic E-state index is 0.342. The standard InChI is InChI=1S/C10H11BrF2S/c1-14-10(12,13)9(11)7-8-5-3-2-4-6-8/h2-6,9H,7H2,1H3. The Morgan fingerprint density at radius 3 is 2.43 bits per heavy atom. The first-order chi connectivity index (χ1) is 6.56. The average molecular weight is 281 g/mol. The van der Waals surface area contributed by atoms with Gasteiger partial charge in [0.05, 0.1) is 4.83 Å². The van der Waals surface area contributed by atoms with Crippen molar-refractivity contribution in [3.05, 3.63) is 35.9 Å². The zero-order valence-corrected chi connectivity index (χ0v) is 10.1. The van der Waals surface area contributed by atoms with Crippen LogP contribution in [0.4, 0.5) is 8.78 Å². The summed E-state index contributed by atoms with van der Waals surface area (Å²) in [5.74, 6) is 0. The smallest absolute Gasteiger partial charge is 0.193 e. The van der Waals surface area contributed by atoms with Crippen LogP contribution in [0.25, 0.3) is 0 Å². The topological polar surface area (TPSA) is 0 Å². The summed E-state index contributed by atoms with van der Waals surface area (Å²) in [6.07, 6.45) is 1.76. The molecule has 0 aliphatic rings. The van der Waals surface area contributed by atoms with Crippen LogP contribution in [0.3, 0.4) is 0 Å². The first kappa shape index (κ1) is 12.0. The van der Waals surface area contributed by atoms with Gasteiger partial charge in [0.2, 0.25) is 0 Å². The highest BCUT2D eigenvalue weighted by Gasteiger charge is 2.36. The fourth-order valence-corrected chi connectivity index (χ4v) is 2.34. The molecular formula is C10H11BrF2S. The molecule has 0 radical (unpaired) electrons. The van der Waals surface area contributed by atoms with Gasteiger partial charge in [-0.3, -0.25) is 0 Å². The summed E-state index contributed by atoms with van der Waals surface area (Å²) in [7, 11) is 0. The SMILES string of the molecule is CSC(F)(F)C(Br)Cc1ccccc1. The molecule has 0 fully saturated rings. The quantitative estimate of drug-likeness (QED) is 0.753. The van der Waals surface area contributed by atoms with Gasteiger partial charge in [0.15, 0.2) is 0 Å². The number of hydrogen-bond acceptors (Lipinski definition) is 1. The second kappa shape index (κ2) is 5.12. The molecule has 0 saturated heterocycles. The van der Waals surface area contributed by atoms with E-state index >= 15 is 0 Å². The number of hydrogen-bond donors (Lipinski definition) is 0. The Morgan fingerprint density at radius 1 is 1.36 bits per heavy atom. The van der Waals surface area contributed by atoms with E-state index in [2.05, 4.69) is 15.9 Å². The average Bonchev–Trinajstić information content (AvgIpc) is 2.19. The molecule has 14 heavy (non-hydrogen) atoms. The maximum absolute atomic E-state index is 13.1. The van der Waals surface area contributed by atoms with Crippen molar-refractivity contribution in [1.82, 2.24) is 0 Å². The number of benzene rings is 1. The molecule has 0 heterocycles. The Morgan fingerprint density at radius 2 is 1.93 bits per heavy atom. The Balaban J connectivity index is 2.62. The molecule has 0 bridgehead atoms. The molecule has 0 nitrogen and oxygen atoms in total. The number of alkyl halides is 3. The molecule has 4 heteroatoms. The van der Waals surface area contributed by atoms with Crippen molar-refractivity contribution in [2.75, 3.05) is 6.26 Å². The normalized spacial score (nSPS) is 14.0. The van der Waals surface area contributed by atoms with E-state index in [4.69, 9.17) is 0 Å². The molecule has 78 valence electrons. The molecule has 1 aromatic carbocycles. The molecule has 0 amide bonds. The predicted molar refractivity (Wildman–Crippen MR) is 61.3 cm³/mol. The van der Waals surface area contributed by atoms with Crippen molar-refractivity contribution in [2.45, 2.75) is 16.5 Å². The molecule has 0 spiro atoms. The molecule has 0 aliphatic carbocycles. The Labute approximate surface area is 95.2 Å². The number of rotatable bonds is 4. The van der Waals surface area contributed by atoms with Crippen LogP contribution in [0.5, 0.6) is 0 Å². The lowest BCUT2D eigenvalue weighted by Crippen LogP contribution is -2.26. The van der Waals surface area contributed by atoms with Crippen molar-refractivity contribution in [2.24, 2.45) is 0 Å². The van der Waals surface area contributed by atoms with Gasteiger partial charge in [-0.25, -0.2) is 0 Å². The van der Waals surface area contributed by atoms with Crippen LogP contribution in [0.1, 0.15) is 5.56 Å². The highest BCUT2D eigenvalue weighted by Crippen LogP contribution is 2.36. The first-order valence-corrected chi connectivity index (χ1v) is 6.31. The van der Waals surface area contributed by atoms with Gasteiger partial charge < -0.3 is 0 Å². The van der Waals surface area contributed by atoms with Crippen molar-refractivity contribution in [3.63, 3.8) is 0 Å². The van der Waals surface area contributed by atoms with E-state index in [9.17, 15) is 8.78 Å². The monoisotopic (exact) mass is 280 g/mol. The van der Waals surface area contributed by atoms with Gasteiger partial charge in [0.1, 0.15) is 0 Å². The van der Waals surface area contributed by atoms with Crippen LogP contribution < -0.4 is 0 Å². The molecule has 0 saturated carbocycles. The maximum atomic E-state index is 13.1. The molecule has 1 atom stereocenters. The maximum Gasteiger partial charge on any atom is 0.306 e. The Hall–Kier alpha value is -0.0900. The summed E-state index contributed by atoms with van der Waals surface area (Å²) in [5.41, 5.74) is 0.920. The van der Waals surface area contributed by atoms with E-state index in [1.54, 1.807) is 0 Å². The summed E-state index contributed by atoms with van der Waals surface area (Å²) in [4.78, 5) is -0.813. The van der Waals surface area contributed by atoms with Gasteiger partial charge in [-0.2, -0.15) is 8.78 Å². The Bertz CT molecular complexity index is 277. The lowest BCUT2D eigenvalue weighted by Gasteiger charge is -2.19. The van der Waals surface area contributed by atoms with E-state index < -0.39 is 10.1 Å². The van der Waals surface area contributed by atoms with E-state index in [1.165, 1.54) is 6.26 Å². The summed E-state index contributed by atoms with van der Waals surface area (Å²) in [5, 5.41) is -2.71. The second-order valence-electron chi connectivity index (χ2n) is 2.92. The molecule has 1 aromatic rings. The second-order valence-corrected chi connectivity index (χ2v) is 4.98. The van der Waals surface area contributed by atoms with Gasteiger partial charge in [0, 0.05) is 0 Å². The van der Waals surface area contributed by atoms with Crippen molar-refractivity contribution < 1.29 is 8.78 Å². The predicted octanol–water partition coefficient (Wildman–Crippen LogP) is 3.95. The van der Waals surface area contributed by atoms with Gasteiger partial charge in [-0.1, -0.05) is 58.0 Å². The van der Waals surface area contributed by atoms with E-state index in [0.717, 1.165) is 5.56 Å². The van der Waals surface area contributed by atoms with Crippen molar-refractivity contribution >= 4 is 27.7 Å². The first-order valence-electron chi connectivity index (χ1n) is 4.17. The molecule has 0 aromatic heterocycles. The summed E-state index contributed by atoms with van der Waals surface area (Å²) in [6.45, 7) is 0. The van der Waals surface area contributed by atoms with Crippen LogP contribution in [-0.2, 0) is 6.42 Å². The van der Waals surface area contributed by atoms with Gasteiger partial charge in [0.25, 0.3) is 0 Å². The molecule has 1 rings (SSSR count). The third-order valence-corrected chi connectivity index (χ3v) is 3.93. The van der Waals surface area contributed by atoms with E-state index in [1.807, 2.05) is 30.3 Å². The number of thioether (sulfide) groups is 1. The minimum atomic E-state index is -2.71. The van der Waals surface area contributed by atoms with E-state index in [0.29, 0.717) is 18.2 Å². The Kier molecular flexibility index (Phi) is 4.38. The van der Waals surface area contributed by atoms with Gasteiger partial charge in [-0.05, 0) is 18.2 Å². The van der Waals surface area contributed by atoms with Gasteiger partial charge >= 0.3 is 5.25 Å². The molecule has 0 aliphatic heterocycles. The van der Waals surface area contributed by atoms with Crippen LogP contribution in [-0.4, -0.2) is 16.3 Å². The molecule has 0 N–H and O–H groups in total. The summed E-state index contributed by atoms with van der Waals surface area (Å²) in [6, 6.07) is 9.29. The van der Waals surface area contributed by atoms with Gasteiger partial charge in [-0.15, -0.1) is 0 Å². The summed E-state index contributed by atoms with van der Waals surface area (Å²) < 4.78 is 26.3. The molecular weight excluding hydrogens is 270 g/mol. The van der Waals surface area contributed by atoms with Crippen LogP contribution in [0, 0.1) is 0 Å². The zero-order valence-electron chi connectivity index (χ0n) is 7.71. The third-order valence-electron chi connectivity index (χ3n) is 1.89. The van der Waals surface area contributed by atoms with Crippen LogP contribution in [0.15, 0.2) is 30.3 Å². The largest absolute Gasteiger partial charge is 0.306 e. The fourth-order valence-electron chi connectivity index (χ4n) is 1.07. The highest BCUT2D eigenvalue weighted by molar-refractivity contribution is 9.09. The lowest BCUT2D eigenvalue weighted by molar-refractivity contribution is 0.105. The fraction of sp³-hybridized carbons (Fsp3) is 0.400. The third kappa shape index (κ3) is 3.24. The van der Waals surface area contributed by atoms with Crippen molar-refractivity contribution in [1.29, 1.82) is 0 Å². The van der Waals surface area contributed by atoms with Crippen LogP contribution in [0.2, 0.25) is 0 Å². The zero-order chi connectivity index (χ0) is 10.6. The highest BCUT2D eigenvalue weighted by atomic mass is 79.9.